The molecule has 2 rings (SSSR count). The Morgan fingerprint density at radius 1 is 1.45 bits per heavy atom. The molecule has 0 aliphatic heterocycles. The Morgan fingerprint density at radius 3 is 2.80 bits per heavy atom. The fourth-order valence-corrected chi connectivity index (χ4v) is 2.23. The minimum Gasteiger partial charge on any atom is -0.468 e. The standard InChI is InChI=1S/C17H26N2O/c1-5-9-19(12-14-6-7-14)13-15-8-10-20-16(15)11-18-17(2,3)4/h1,8,10,14,18H,6-7,9,11-13H2,2-4H3. The highest BCUT2D eigenvalue weighted by Gasteiger charge is 2.24. The van der Waals surface area contributed by atoms with Crippen molar-refractivity contribution in [2.75, 3.05) is 13.1 Å². The van der Waals surface area contributed by atoms with Crippen LogP contribution in [0.3, 0.4) is 0 Å². The molecule has 1 aromatic heterocycles. The van der Waals surface area contributed by atoms with E-state index in [2.05, 4.69) is 43.0 Å². The monoisotopic (exact) mass is 274 g/mol. The van der Waals surface area contributed by atoms with Crippen molar-refractivity contribution in [3.63, 3.8) is 0 Å². The van der Waals surface area contributed by atoms with Crippen LogP contribution in [0.5, 0.6) is 0 Å². The van der Waals surface area contributed by atoms with Crippen molar-refractivity contribution in [1.29, 1.82) is 0 Å². The predicted molar refractivity (Wildman–Crippen MR) is 82.1 cm³/mol. The van der Waals surface area contributed by atoms with Gasteiger partial charge in [-0.2, -0.15) is 0 Å². The van der Waals surface area contributed by atoms with Crippen LogP contribution in [0.2, 0.25) is 0 Å². The first-order valence-corrected chi connectivity index (χ1v) is 7.44. The molecule has 1 saturated carbocycles. The first-order chi connectivity index (χ1) is 9.48. The van der Waals surface area contributed by atoms with Crippen LogP contribution in [0.4, 0.5) is 0 Å². The molecule has 1 fully saturated rings. The summed E-state index contributed by atoms with van der Waals surface area (Å²) in [6.07, 6.45) is 9.96. The van der Waals surface area contributed by atoms with Gasteiger partial charge < -0.3 is 9.73 Å². The predicted octanol–water partition coefficient (Wildman–Crippen LogP) is 3.01. The van der Waals surface area contributed by atoms with E-state index in [9.17, 15) is 0 Å². The van der Waals surface area contributed by atoms with Gasteiger partial charge in [-0.05, 0) is 45.6 Å². The molecule has 0 saturated heterocycles. The molecule has 0 spiro atoms. The van der Waals surface area contributed by atoms with Gasteiger partial charge in [0.2, 0.25) is 0 Å². The fraction of sp³-hybridized carbons (Fsp3) is 0.647. The Labute approximate surface area is 122 Å². The van der Waals surface area contributed by atoms with Crippen molar-refractivity contribution in [3.8, 4) is 12.3 Å². The molecule has 1 heterocycles. The van der Waals surface area contributed by atoms with Gasteiger partial charge >= 0.3 is 0 Å². The first-order valence-electron chi connectivity index (χ1n) is 7.44. The third kappa shape index (κ3) is 5.03. The maximum Gasteiger partial charge on any atom is 0.122 e. The van der Waals surface area contributed by atoms with Crippen molar-refractivity contribution >= 4 is 0 Å². The Balaban J connectivity index is 1.93. The van der Waals surface area contributed by atoms with E-state index in [1.807, 2.05) is 0 Å². The average Bonchev–Trinajstić information content (AvgIpc) is 3.04. The molecule has 0 amide bonds. The second kappa shape index (κ2) is 6.47. The molecule has 110 valence electrons. The number of rotatable bonds is 7. The summed E-state index contributed by atoms with van der Waals surface area (Å²) in [7, 11) is 0. The van der Waals surface area contributed by atoms with Crippen molar-refractivity contribution in [2.45, 2.75) is 52.2 Å². The van der Waals surface area contributed by atoms with Gasteiger partial charge in [0.25, 0.3) is 0 Å². The van der Waals surface area contributed by atoms with Gasteiger partial charge in [0, 0.05) is 24.2 Å². The first kappa shape index (κ1) is 15.2. The highest BCUT2D eigenvalue weighted by atomic mass is 16.3. The van der Waals surface area contributed by atoms with Crippen molar-refractivity contribution in [1.82, 2.24) is 10.2 Å². The van der Waals surface area contributed by atoms with Gasteiger partial charge in [0.05, 0.1) is 19.4 Å². The van der Waals surface area contributed by atoms with E-state index in [0.717, 1.165) is 31.3 Å². The highest BCUT2D eigenvalue weighted by molar-refractivity contribution is 5.17. The van der Waals surface area contributed by atoms with E-state index in [-0.39, 0.29) is 5.54 Å². The molecular weight excluding hydrogens is 248 g/mol. The zero-order chi connectivity index (χ0) is 14.6. The summed E-state index contributed by atoms with van der Waals surface area (Å²) in [5.74, 6) is 4.65. The maximum absolute atomic E-state index is 5.62. The van der Waals surface area contributed by atoms with Crippen LogP contribution < -0.4 is 5.32 Å². The number of nitrogens with zero attached hydrogens (tertiary/aromatic N) is 1. The molecule has 0 bridgehead atoms. The third-order valence-electron chi connectivity index (χ3n) is 3.54. The van der Waals surface area contributed by atoms with Gasteiger partial charge in [-0.1, -0.05) is 5.92 Å². The molecule has 0 aromatic carbocycles. The van der Waals surface area contributed by atoms with Crippen LogP contribution >= 0.6 is 0 Å². The normalized spacial score (nSPS) is 15.6. The number of furan rings is 1. The van der Waals surface area contributed by atoms with Gasteiger partial charge in [-0.3, -0.25) is 4.90 Å². The lowest BCUT2D eigenvalue weighted by atomic mass is 10.1. The van der Waals surface area contributed by atoms with E-state index < -0.39 is 0 Å². The van der Waals surface area contributed by atoms with Gasteiger partial charge in [-0.25, -0.2) is 0 Å². The van der Waals surface area contributed by atoms with Crippen molar-refractivity contribution in [2.24, 2.45) is 5.92 Å². The average molecular weight is 274 g/mol. The van der Waals surface area contributed by atoms with Crippen LogP contribution in [0.25, 0.3) is 0 Å². The molecular formula is C17H26N2O. The molecule has 0 radical (unpaired) electrons. The molecule has 20 heavy (non-hydrogen) atoms. The van der Waals surface area contributed by atoms with Gasteiger partial charge in [0.1, 0.15) is 5.76 Å². The minimum absolute atomic E-state index is 0.0938. The van der Waals surface area contributed by atoms with Crippen molar-refractivity contribution < 1.29 is 4.42 Å². The van der Waals surface area contributed by atoms with Crippen LogP contribution in [-0.4, -0.2) is 23.5 Å². The maximum atomic E-state index is 5.62. The van der Waals surface area contributed by atoms with Gasteiger partial charge in [0.15, 0.2) is 0 Å². The summed E-state index contributed by atoms with van der Waals surface area (Å²) in [6, 6.07) is 2.07. The van der Waals surface area contributed by atoms with E-state index in [1.54, 1.807) is 6.26 Å². The number of hydrogen-bond donors (Lipinski definition) is 1. The SMILES string of the molecule is C#CCN(Cc1ccoc1CNC(C)(C)C)CC1CC1. The molecule has 3 nitrogen and oxygen atoms in total. The Hall–Kier alpha value is -1.24. The van der Waals surface area contributed by atoms with E-state index in [1.165, 1.54) is 18.4 Å². The summed E-state index contributed by atoms with van der Waals surface area (Å²) >= 11 is 0. The molecule has 1 aliphatic carbocycles. The number of hydrogen-bond acceptors (Lipinski definition) is 3. The number of nitrogens with one attached hydrogen (secondary N) is 1. The van der Waals surface area contributed by atoms with E-state index in [0.29, 0.717) is 6.54 Å². The van der Waals surface area contributed by atoms with Crippen LogP contribution in [0, 0.1) is 18.3 Å². The Kier molecular flexibility index (Phi) is 4.91. The lowest BCUT2D eigenvalue weighted by Gasteiger charge is -2.22. The summed E-state index contributed by atoms with van der Waals surface area (Å²) in [4.78, 5) is 2.35. The third-order valence-corrected chi connectivity index (χ3v) is 3.54. The van der Waals surface area contributed by atoms with Crippen LogP contribution in [0.15, 0.2) is 16.7 Å². The summed E-state index contributed by atoms with van der Waals surface area (Å²) in [5.41, 5.74) is 1.34. The lowest BCUT2D eigenvalue weighted by molar-refractivity contribution is 0.282. The van der Waals surface area contributed by atoms with Gasteiger partial charge in [-0.15, -0.1) is 6.42 Å². The van der Waals surface area contributed by atoms with Crippen molar-refractivity contribution in [3.05, 3.63) is 23.7 Å². The molecule has 3 heteroatoms. The second-order valence-electron chi connectivity index (χ2n) is 6.79. The molecule has 1 aliphatic rings. The zero-order valence-corrected chi connectivity index (χ0v) is 12.9. The summed E-state index contributed by atoms with van der Waals surface area (Å²) < 4.78 is 5.62. The minimum atomic E-state index is 0.0938. The van der Waals surface area contributed by atoms with E-state index >= 15 is 0 Å². The molecule has 0 atom stereocenters. The Morgan fingerprint density at radius 2 is 2.20 bits per heavy atom. The largest absolute Gasteiger partial charge is 0.468 e. The van der Waals surface area contributed by atoms with E-state index in [4.69, 9.17) is 10.8 Å². The summed E-state index contributed by atoms with van der Waals surface area (Å²) in [5, 5.41) is 3.47. The Bertz CT molecular complexity index is 460. The highest BCUT2D eigenvalue weighted by Crippen LogP contribution is 2.30. The topological polar surface area (TPSA) is 28.4 Å². The van der Waals surface area contributed by atoms with Crippen LogP contribution in [-0.2, 0) is 13.1 Å². The molecule has 1 aromatic rings. The molecule has 0 unspecified atom stereocenters. The fourth-order valence-electron chi connectivity index (χ4n) is 2.23. The summed E-state index contributed by atoms with van der Waals surface area (Å²) in [6.45, 7) is 9.96. The van der Waals surface area contributed by atoms with Crippen LogP contribution in [0.1, 0.15) is 44.9 Å². The molecule has 1 N–H and O–H groups in total. The smallest absolute Gasteiger partial charge is 0.122 e. The zero-order valence-electron chi connectivity index (χ0n) is 12.9. The second-order valence-corrected chi connectivity index (χ2v) is 6.79. The number of terminal acetylenes is 1. The quantitative estimate of drug-likeness (QED) is 0.775. The lowest BCUT2D eigenvalue weighted by Crippen LogP contribution is -2.35.